The molecule has 22 heavy (non-hydrogen) atoms. The van der Waals surface area contributed by atoms with Crippen LogP contribution in [0.2, 0.25) is 0 Å². The summed E-state index contributed by atoms with van der Waals surface area (Å²) in [5.74, 6) is 5.21. The van der Waals surface area contributed by atoms with E-state index in [1.165, 1.54) is 39.0 Å². The molecule has 1 amide bonds. The van der Waals surface area contributed by atoms with E-state index >= 15 is 0 Å². The lowest BCUT2D eigenvalue weighted by Gasteiger charge is -2.36. The maximum absolute atomic E-state index is 11.7. The van der Waals surface area contributed by atoms with Gasteiger partial charge in [0.15, 0.2) is 6.54 Å². The molecule has 1 unspecified atom stereocenters. The van der Waals surface area contributed by atoms with Crippen molar-refractivity contribution in [3.63, 3.8) is 0 Å². The second kappa shape index (κ2) is 5.11. The Bertz CT molecular complexity index is 749. The lowest BCUT2D eigenvalue weighted by atomic mass is 9.89. The second-order valence-electron chi connectivity index (χ2n) is 6.63. The summed E-state index contributed by atoms with van der Waals surface area (Å²) in [6.45, 7) is 4.61. The zero-order valence-electron chi connectivity index (χ0n) is 13.0. The van der Waals surface area contributed by atoms with Crippen molar-refractivity contribution in [2.24, 2.45) is 5.84 Å². The van der Waals surface area contributed by atoms with Gasteiger partial charge in [-0.05, 0) is 37.5 Å². The highest BCUT2D eigenvalue weighted by atomic mass is 16.2. The molecule has 0 radical (unpaired) electrons. The van der Waals surface area contributed by atoms with Gasteiger partial charge in [-0.1, -0.05) is 11.6 Å². The van der Waals surface area contributed by atoms with Crippen molar-refractivity contribution in [2.45, 2.75) is 38.8 Å². The van der Waals surface area contributed by atoms with Crippen LogP contribution in [0.5, 0.6) is 0 Å². The number of hydrogen-bond acceptors (Lipinski definition) is 2. The van der Waals surface area contributed by atoms with Crippen molar-refractivity contribution in [1.82, 2.24) is 9.99 Å². The van der Waals surface area contributed by atoms with E-state index < -0.39 is 0 Å². The number of aryl methyl sites for hydroxylation is 2. The highest BCUT2D eigenvalue weighted by Crippen LogP contribution is 2.37. The van der Waals surface area contributed by atoms with Gasteiger partial charge in [0.05, 0.1) is 18.8 Å². The first-order valence-corrected chi connectivity index (χ1v) is 8.14. The predicted molar refractivity (Wildman–Crippen MR) is 85.4 cm³/mol. The van der Waals surface area contributed by atoms with Crippen LogP contribution < -0.4 is 16.2 Å². The Balaban J connectivity index is 1.83. The summed E-state index contributed by atoms with van der Waals surface area (Å²) in [5, 5.41) is 1.42. The van der Waals surface area contributed by atoms with E-state index in [1.54, 1.807) is 0 Å². The molecule has 4 rings (SSSR count). The van der Waals surface area contributed by atoms with Gasteiger partial charge < -0.3 is 9.47 Å². The largest absolute Gasteiger partial charge is 0.334 e. The van der Waals surface area contributed by atoms with Gasteiger partial charge in [0.25, 0.3) is 5.91 Å². The molecule has 2 aliphatic rings. The molecule has 1 aromatic heterocycles. The molecule has 5 nitrogen and oxygen atoms in total. The van der Waals surface area contributed by atoms with Crippen molar-refractivity contribution in [1.29, 1.82) is 0 Å². The molecule has 4 N–H and O–H groups in total. The number of nitrogens with two attached hydrogens (primary N) is 1. The molecular weight excluding hydrogens is 276 g/mol. The average molecular weight is 299 g/mol. The van der Waals surface area contributed by atoms with E-state index in [2.05, 4.69) is 35.1 Å². The fraction of sp³-hybridized carbons (Fsp3) is 0.471. The van der Waals surface area contributed by atoms with Crippen LogP contribution in [0.15, 0.2) is 18.2 Å². The highest BCUT2D eigenvalue weighted by Gasteiger charge is 2.38. The van der Waals surface area contributed by atoms with Crippen LogP contribution in [-0.4, -0.2) is 23.6 Å². The predicted octanol–water partition coefficient (Wildman–Crippen LogP) is 0.216. The van der Waals surface area contributed by atoms with Gasteiger partial charge in [0.2, 0.25) is 0 Å². The number of carbonyl (C=O) groups excluding carboxylic acids is 1. The number of hydrogen-bond donors (Lipinski definition) is 3. The van der Waals surface area contributed by atoms with Crippen LogP contribution in [0.3, 0.4) is 0 Å². The number of aromatic nitrogens is 1. The molecule has 5 heteroatoms. The van der Waals surface area contributed by atoms with Crippen LogP contribution in [0.25, 0.3) is 10.9 Å². The maximum Gasteiger partial charge on any atom is 0.289 e. The fourth-order valence-corrected chi connectivity index (χ4v) is 4.38. The Hall–Kier alpha value is -1.85. The lowest BCUT2D eigenvalue weighted by Crippen LogP contribution is -3.14. The van der Waals surface area contributed by atoms with Crippen molar-refractivity contribution >= 4 is 16.8 Å². The number of nitrogens with one attached hydrogen (secondary N) is 2. The maximum atomic E-state index is 11.7. The zero-order chi connectivity index (χ0) is 15.3. The molecular formula is C17H23N4O+. The normalized spacial score (nSPS) is 23.4. The number of benzene rings is 1. The first kappa shape index (κ1) is 13.8. The number of carbonyl (C=O) groups is 1. The van der Waals surface area contributed by atoms with Crippen LogP contribution in [0.4, 0.5) is 0 Å². The molecule has 1 aromatic carbocycles. The highest BCUT2D eigenvalue weighted by molar-refractivity contribution is 5.87. The van der Waals surface area contributed by atoms with E-state index in [1.807, 2.05) is 0 Å². The molecule has 116 valence electrons. The van der Waals surface area contributed by atoms with E-state index in [0.717, 1.165) is 25.9 Å². The zero-order valence-corrected chi connectivity index (χ0v) is 13.0. The first-order chi connectivity index (χ1) is 10.7. The summed E-state index contributed by atoms with van der Waals surface area (Å²) in [4.78, 5) is 13.1. The number of quaternary nitrogens is 1. The summed E-state index contributed by atoms with van der Waals surface area (Å²) in [6, 6.07) is 7.22. The van der Waals surface area contributed by atoms with E-state index in [-0.39, 0.29) is 5.91 Å². The molecule has 0 bridgehead atoms. The quantitative estimate of drug-likeness (QED) is 0.422. The van der Waals surface area contributed by atoms with Gasteiger partial charge >= 0.3 is 0 Å². The van der Waals surface area contributed by atoms with Gasteiger partial charge in [0.1, 0.15) is 6.04 Å². The monoisotopic (exact) mass is 299 g/mol. The minimum atomic E-state index is -0.0671. The van der Waals surface area contributed by atoms with Gasteiger partial charge in [-0.15, -0.1) is 0 Å². The van der Waals surface area contributed by atoms with Crippen molar-refractivity contribution in [3.05, 3.63) is 35.0 Å². The number of hydrazine groups is 1. The number of fused-ring (bicyclic) bond motifs is 3. The Morgan fingerprint density at radius 3 is 3.18 bits per heavy atom. The van der Waals surface area contributed by atoms with E-state index in [9.17, 15) is 4.79 Å². The van der Waals surface area contributed by atoms with Crippen molar-refractivity contribution in [3.8, 4) is 0 Å². The molecule has 2 aromatic rings. The fourth-order valence-electron chi connectivity index (χ4n) is 4.38. The SMILES string of the molecule is Cc1ccc2c(c1)c1c3n2CC[NH+](CC(=O)NN)[C@H]3CCC1. The summed E-state index contributed by atoms with van der Waals surface area (Å²) in [5.41, 5.74) is 7.95. The molecule has 0 fully saturated rings. The molecule has 0 saturated heterocycles. The lowest BCUT2D eigenvalue weighted by molar-refractivity contribution is -0.929. The van der Waals surface area contributed by atoms with Crippen LogP contribution in [0, 0.1) is 6.92 Å². The number of nitrogens with zero attached hydrogens (tertiary/aromatic N) is 1. The third kappa shape index (κ3) is 1.96. The average Bonchev–Trinajstić information content (AvgIpc) is 2.85. The number of rotatable bonds is 2. The molecule has 2 atom stereocenters. The minimum absolute atomic E-state index is 0.0671. The van der Waals surface area contributed by atoms with E-state index in [0.29, 0.717) is 12.6 Å². The van der Waals surface area contributed by atoms with Gasteiger partial charge in [0, 0.05) is 17.3 Å². The third-order valence-electron chi connectivity index (χ3n) is 5.32. The first-order valence-electron chi connectivity index (χ1n) is 8.14. The van der Waals surface area contributed by atoms with Gasteiger partial charge in [-0.25, -0.2) is 5.84 Å². The second-order valence-corrected chi connectivity index (χ2v) is 6.63. The number of amides is 1. The van der Waals surface area contributed by atoms with Crippen molar-refractivity contribution < 1.29 is 9.69 Å². The molecule has 2 heterocycles. The van der Waals surface area contributed by atoms with Crippen LogP contribution in [-0.2, 0) is 17.8 Å². The summed E-state index contributed by atoms with van der Waals surface area (Å²) >= 11 is 0. The van der Waals surface area contributed by atoms with Gasteiger partial charge in [-0.3, -0.25) is 10.2 Å². The minimum Gasteiger partial charge on any atom is -0.334 e. The Morgan fingerprint density at radius 2 is 2.36 bits per heavy atom. The standard InChI is InChI=1S/C17H22N4O/c1-11-5-6-14-13(9-11)12-3-2-4-15-17(12)21(14)8-7-20(15)10-16(22)19-18/h5-6,9,15H,2-4,7-8,10,18H2,1H3,(H,19,22)/p+1/t15-/m0/s1. The van der Waals surface area contributed by atoms with Crippen molar-refractivity contribution in [2.75, 3.05) is 13.1 Å². The van der Waals surface area contributed by atoms with Gasteiger partial charge in [-0.2, -0.15) is 0 Å². The molecule has 0 spiro atoms. The topological polar surface area (TPSA) is 64.5 Å². The summed E-state index contributed by atoms with van der Waals surface area (Å²) < 4.78 is 2.50. The van der Waals surface area contributed by atoms with Crippen LogP contribution >= 0.6 is 0 Å². The summed E-state index contributed by atoms with van der Waals surface area (Å²) in [7, 11) is 0. The molecule has 1 aliphatic carbocycles. The Labute approximate surface area is 130 Å². The molecule has 0 saturated carbocycles. The summed E-state index contributed by atoms with van der Waals surface area (Å²) in [6.07, 6.45) is 3.53. The smallest absolute Gasteiger partial charge is 0.289 e. The Kier molecular flexibility index (Phi) is 3.20. The Morgan fingerprint density at radius 1 is 1.50 bits per heavy atom. The van der Waals surface area contributed by atoms with Crippen LogP contribution in [0.1, 0.15) is 35.7 Å². The molecule has 1 aliphatic heterocycles. The van der Waals surface area contributed by atoms with E-state index in [4.69, 9.17) is 5.84 Å². The third-order valence-corrected chi connectivity index (χ3v) is 5.32.